The third-order valence-electron chi connectivity index (χ3n) is 4.94. The Morgan fingerprint density at radius 2 is 2.19 bits per heavy atom. The molecule has 88 valence electrons. The topological polar surface area (TPSA) is 26.3 Å². The number of carbonyl (C=O) groups is 1. The summed E-state index contributed by atoms with van der Waals surface area (Å²) in [6.07, 6.45) is 6.53. The van der Waals surface area contributed by atoms with Crippen molar-refractivity contribution in [2.24, 2.45) is 23.2 Å². The van der Waals surface area contributed by atoms with Gasteiger partial charge < -0.3 is 4.74 Å². The van der Waals surface area contributed by atoms with Crippen LogP contribution in [-0.4, -0.2) is 18.0 Å². The first kappa shape index (κ1) is 10.5. The fraction of sp³-hybridized carbons (Fsp3) is 0.786. The zero-order chi connectivity index (χ0) is 11.5. The molecule has 3 rings (SSSR count). The number of fused-ring (bicyclic) bond motifs is 6. The number of hydrogen-bond acceptors (Lipinski definition) is 2. The third-order valence-corrected chi connectivity index (χ3v) is 4.94. The molecule has 2 nitrogen and oxygen atoms in total. The SMILES string of the molecule is CC(C)[C@@H]1CC[C@]2(C)C(=O)[C@@H]1[C@H]1C=C[C@@H]2O1. The van der Waals surface area contributed by atoms with Crippen molar-refractivity contribution in [2.45, 2.75) is 45.8 Å². The minimum atomic E-state index is -0.237. The third kappa shape index (κ3) is 1.14. The molecular formula is C14H20O2. The largest absolute Gasteiger partial charge is 0.365 e. The van der Waals surface area contributed by atoms with Crippen molar-refractivity contribution in [1.29, 1.82) is 0 Å². The summed E-state index contributed by atoms with van der Waals surface area (Å²) in [6, 6.07) is 0. The minimum Gasteiger partial charge on any atom is -0.365 e. The van der Waals surface area contributed by atoms with Gasteiger partial charge in [-0.25, -0.2) is 0 Å². The zero-order valence-electron chi connectivity index (χ0n) is 10.3. The lowest BCUT2D eigenvalue weighted by atomic mass is 9.59. The van der Waals surface area contributed by atoms with Gasteiger partial charge in [-0.3, -0.25) is 4.79 Å². The standard InChI is InChI=1S/C14H20O2/c1-8(2)9-6-7-14(3)11-5-4-10(16-11)12(9)13(14)15/h4-5,8-12H,6-7H2,1-3H3/t9-,10+,11-,12-,14-/m0/s1. The lowest BCUT2D eigenvalue weighted by Gasteiger charge is -2.50. The van der Waals surface area contributed by atoms with E-state index in [0.29, 0.717) is 17.6 Å². The van der Waals surface area contributed by atoms with Crippen molar-refractivity contribution in [2.75, 3.05) is 0 Å². The molecule has 0 radical (unpaired) electrons. The molecule has 4 bridgehead atoms. The van der Waals surface area contributed by atoms with E-state index in [-0.39, 0.29) is 23.5 Å². The van der Waals surface area contributed by atoms with Crippen molar-refractivity contribution in [3.05, 3.63) is 12.2 Å². The number of ketones is 1. The molecule has 3 aliphatic rings. The van der Waals surface area contributed by atoms with E-state index >= 15 is 0 Å². The minimum absolute atomic E-state index is 0.0503. The van der Waals surface area contributed by atoms with Crippen LogP contribution in [0, 0.1) is 23.2 Å². The highest BCUT2D eigenvalue weighted by atomic mass is 16.5. The maximum atomic E-state index is 12.6. The van der Waals surface area contributed by atoms with Crippen LogP contribution in [0.4, 0.5) is 0 Å². The molecule has 0 aromatic heterocycles. The first-order valence-electron chi connectivity index (χ1n) is 6.42. The van der Waals surface area contributed by atoms with Gasteiger partial charge in [0.2, 0.25) is 0 Å². The molecule has 2 aliphatic heterocycles. The van der Waals surface area contributed by atoms with E-state index in [1.165, 1.54) is 6.42 Å². The summed E-state index contributed by atoms with van der Waals surface area (Å²) in [5.74, 6) is 1.67. The smallest absolute Gasteiger partial charge is 0.147 e. The second-order valence-electron chi connectivity index (χ2n) is 6.16. The van der Waals surface area contributed by atoms with E-state index in [1.54, 1.807) is 0 Å². The van der Waals surface area contributed by atoms with Gasteiger partial charge >= 0.3 is 0 Å². The van der Waals surface area contributed by atoms with E-state index < -0.39 is 0 Å². The quantitative estimate of drug-likeness (QED) is 0.635. The Labute approximate surface area is 97.1 Å². The predicted molar refractivity (Wildman–Crippen MR) is 62.0 cm³/mol. The Morgan fingerprint density at radius 3 is 2.88 bits per heavy atom. The van der Waals surface area contributed by atoms with Gasteiger partial charge in [-0.1, -0.05) is 26.0 Å². The van der Waals surface area contributed by atoms with Gasteiger partial charge in [-0.15, -0.1) is 0 Å². The summed E-state index contributed by atoms with van der Waals surface area (Å²) in [5, 5.41) is 0. The van der Waals surface area contributed by atoms with Gasteiger partial charge in [0.25, 0.3) is 0 Å². The average molecular weight is 220 g/mol. The van der Waals surface area contributed by atoms with Gasteiger partial charge in [0, 0.05) is 0 Å². The van der Waals surface area contributed by atoms with Crippen molar-refractivity contribution in [3.8, 4) is 0 Å². The molecule has 2 fully saturated rings. The molecule has 0 aromatic rings. The van der Waals surface area contributed by atoms with Crippen LogP contribution in [0.2, 0.25) is 0 Å². The highest BCUT2D eigenvalue weighted by Gasteiger charge is 2.58. The van der Waals surface area contributed by atoms with Crippen LogP contribution in [0.15, 0.2) is 12.2 Å². The predicted octanol–water partition coefficient (Wildman–Crippen LogP) is 2.58. The molecule has 0 spiro atoms. The highest BCUT2D eigenvalue weighted by Crippen LogP contribution is 2.53. The fourth-order valence-electron chi connectivity index (χ4n) is 3.81. The molecule has 1 saturated heterocycles. The van der Waals surface area contributed by atoms with E-state index in [4.69, 9.17) is 4.74 Å². The molecule has 0 aromatic carbocycles. The molecule has 5 atom stereocenters. The maximum Gasteiger partial charge on any atom is 0.147 e. The van der Waals surface area contributed by atoms with E-state index in [9.17, 15) is 4.79 Å². The molecule has 0 unspecified atom stereocenters. The summed E-state index contributed by atoms with van der Waals surface area (Å²) in [6.45, 7) is 6.55. The molecule has 1 aliphatic carbocycles. The van der Waals surface area contributed by atoms with Crippen LogP contribution in [0.25, 0.3) is 0 Å². The average Bonchev–Trinajstić information content (AvgIpc) is 2.67. The van der Waals surface area contributed by atoms with Crippen molar-refractivity contribution in [3.63, 3.8) is 0 Å². The fourth-order valence-corrected chi connectivity index (χ4v) is 3.81. The number of ether oxygens (including phenoxy) is 1. The van der Waals surface area contributed by atoms with Crippen molar-refractivity contribution in [1.82, 2.24) is 0 Å². The number of Topliss-reactive ketones (excluding diaryl/α,β-unsaturated/α-hetero) is 1. The summed E-state index contributed by atoms with van der Waals surface area (Å²) >= 11 is 0. The molecule has 16 heavy (non-hydrogen) atoms. The Morgan fingerprint density at radius 1 is 1.44 bits per heavy atom. The molecular weight excluding hydrogens is 200 g/mol. The van der Waals surface area contributed by atoms with Crippen LogP contribution in [-0.2, 0) is 9.53 Å². The monoisotopic (exact) mass is 220 g/mol. The molecule has 0 amide bonds. The van der Waals surface area contributed by atoms with E-state index in [1.807, 2.05) is 0 Å². The Balaban J connectivity index is 2.02. The summed E-state index contributed by atoms with van der Waals surface area (Å²) in [5.41, 5.74) is -0.237. The number of carbonyl (C=O) groups excluding carboxylic acids is 1. The Hall–Kier alpha value is -0.630. The second-order valence-corrected chi connectivity index (χ2v) is 6.16. The summed E-state index contributed by atoms with van der Waals surface area (Å²) in [7, 11) is 0. The Bertz CT molecular complexity index is 358. The van der Waals surface area contributed by atoms with Crippen LogP contribution in [0.5, 0.6) is 0 Å². The van der Waals surface area contributed by atoms with Crippen molar-refractivity contribution < 1.29 is 9.53 Å². The van der Waals surface area contributed by atoms with Crippen LogP contribution in [0.3, 0.4) is 0 Å². The van der Waals surface area contributed by atoms with E-state index in [2.05, 4.69) is 32.9 Å². The van der Waals surface area contributed by atoms with E-state index in [0.717, 1.165) is 6.42 Å². The number of rotatable bonds is 1. The zero-order valence-corrected chi connectivity index (χ0v) is 10.3. The van der Waals surface area contributed by atoms with Gasteiger partial charge in [0.15, 0.2) is 0 Å². The molecule has 2 heterocycles. The van der Waals surface area contributed by atoms with Gasteiger partial charge in [-0.2, -0.15) is 0 Å². The van der Waals surface area contributed by atoms with Crippen LogP contribution < -0.4 is 0 Å². The lowest BCUT2D eigenvalue weighted by Crippen LogP contribution is -2.57. The van der Waals surface area contributed by atoms with Gasteiger partial charge in [0.05, 0.1) is 23.5 Å². The summed E-state index contributed by atoms with van der Waals surface area (Å²) < 4.78 is 5.99. The number of hydrogen-bond donors (Lipinski definition) is 0. The Kier molecular flexibility index (Phi) is 2.10. The highest BCUT2D eigenvalue weighted by molar-refractivity contribution is 5.90. The first-order chi connectivity index (χ1) is 7.54. The summed E-state index contributed by atoms with van der Waals surface area (Å²) in [4.78, 5) is 12.6. The molecule has 0 N–H and O–H groups in total. The van der Waals surface area contributed by atoms with Gasteiger partial charge in [-0.05, 0) is 31.6 Å². The van der Waals surface area contributed by atoms with Crippen LogP contribution >= 0.6 is 0 Å². The first-order valence-corrected chi connectivity index (χ1v) is 6.42. The second kappa shape index (κ2) is 3.19. The lowest BCUT2D eigenvalue weighted by molar-refractivity contribution is -0.173. The molecule has 2 heteroatoms. The maximum absolute atomic E-state index is 12.6. The molecule has 1 saturated carbocycles. The van der Waals surface area contributed by atoms with Crippen LogP contribution in [0.1, 0.15) is 33.6 Å². The van der Waals surface area contributed by atoms with Crippen molar-refractivity contribution >= 4 is 5.78 Å². The van der Waals surface area contributed by atoms with Gasteiger partial charge in [0.1, 0.15) is 5.78 Å². The normalized spacial score (nSPS) is 50.1.